The first kappa shape index (κ1) is 20.1. The zero-order valence-electron chi connectivity index (χ0n) is 16.1. The molecule has 0 bridgehead atoms. The molecule has 4 rings (SSSR count). The number of hydrogen-bond donors (Lipinski definition) is 0. The molecule has 1 saturated heterocycles. The number of amides is 1. The van der Waals surface area contributed by atoms with E-state index in [9.17, 15) is 18.0 Å². The zero-order valence-corrected chi connectivity index (χ0v) is 16.1. The number of benzene rings is 1. The van der Waals surface area contributed by atoms with E-state index in [2.05, 4.69) is 4.98 Å². The van der Waals surface area contributed by atoms with Gasteiger partial charge in [0.05, 0.1) is 17.3 Å². The number of aromatic nitrogens is 2. The molecule has 30 heavy (non-hydrogen) atoms. The summed E-state index contributed by atoms with van der Waals surface area (Å²) < 4.78 is 38.2. The van der Waals surface area contributed by atoms with Crippen molar-refractivity contribution in [3.05, 3.63) is 95.1 Å². The van der Waals surface area contributed by atoms with Gasteiger partial charge in [0.15, 0.2) is 0 Å². The minimum atomic E-state index is -4.34. The number of pyridine rings is 2. The quantitative estimate of drug-likeness (QED) is 0.603. The Labute approximate surface area is 172 Å². The van der Waals surface area contributed by atoms with Crippen LogP contribution in [0.25, 0.3) is 0 Å². The lowest BCUT2D eigenvalue weighted by Gasteiger charge is -2.24. The fourth-order valence-corrected chi connectivity index (χ4v) is 3.78. The average Bonchev–Trinajstić information content (AvgIpc) is 3.24. The second-order valence-corrected chi connectivity index (χ2v) is 7.32. The van der Waals surface area contributed by atoms with Crippen LogP contribution in [0.15, 0.2) is 67.0 Å². The molecule has 0 spiro atoms. The molecule has 1 amide bonds. The van der Waals surface area contributed by atoms with Crippen molar-refractivity contribution < 1.29 is 18.0 Å². The van der Waals surface area contributed by atoms with Gasteiger partial charge in [0.1, 0.15) is 0 Å². The Morgan fingerprint density at radius 2 is 1.77 bits per heavy atom. The van der Waals surface area contributed by atoms with E-state index in [1.165, 1.54) is 12.1 Å². The first-order chi connectivity index (χ1) is 14.4. The minimum absolute atomic E-state index is 0.0464. The minimum Gasteiger partial charge on any atom is -0.330 e. The van der Waals surface area contributed by atoms with Gasteiger partial charge >= 0.3 is 6.18 Å². The van der Waals surface area contributed by atoms with Crippen molar-refractivity contribution in [2.45, 2.75) is 31.5 Å². The van der Waals surface area contributed by atoms with Crippen LogP contribution in [0, 0.1) is 0 Å². The predicted molar refractivity (Wildman–Crippen MR) is 106 cm³/mol. The number of hydrogen-bond acceptors (Lipinski definition) is 3. The van der Waals surface area contributed by atoms with E-state index < -0.39 is 11.7 Å². The Bertz CT molecular complexity index is 1020. The van der Waals surface area contributed by atoms with E-state index in [0.717, 1.165) is 41.9 Å². The third-order valence-corrected chi connectivity index (χ3v) is 5.28. The van der Waals surface area contributed by atoms with Crippen molar-refractivity contribution in [1.82, 2.24) is 14.9 Å². The van der Waals surface area contributed by atoms with Crippen molar-refractivity contribution in [2.24, 2.45) is 0 Å². The monoisotopic (exact) mass is 411 g/mol. The second kappa shape index (κ2) is 8.26. The van der Waals surface area contributed by atoms with Crippen molar-refractivity contribution in [3.63, 3.8) is 0 Å². The lowest BCUT2D eigenvalue weighted by atomic mass is 10.0. The van der Waals surface area contributed by atoms with E-state index >= 15 is 0 Å². The Morgan fingerprint density at radius 1 is 1.03 bits per heavy atom. The number of halogens is 3. The molecule has 0 radical (unpaired) electrons. The van der Waals surface area contributed by atoms with E-state index in [0.29, 0.717) is 18.5 Å². The average molecular weight is 411 g/mol. The maximum atomic E-state index is 12.9. The Kier molecular flexibility index (Phi) is 5.53. The highest BCUT2D eigenvalue weighted by molar-refractivity contribution is 5.94. The van der Waals surface area contributed by atoms with Crippen LogP contribution in [0.3, 0.4) is 0 Å². The molecule has 4 nitrogen and oxygen atoms in total. The Balaban J connectivity index is 1.52. The molecule has 1 aromatic carbocycles. The van der Waals surface area contributed by atoms with Gasteiger partial charge in [0.2, 0.25) is 0 Å². The van der Waals surface area contributed by atoms with Gasteiger partial charge < -0.3 is 4.90 Å². The van der Waals surface area contributed by atoms with Crippen LogP contribution in [0.5, 0.6) is 0 Å². The molecular weight excluding hydrogens is 391 g/mol. The molecule has 0 N–H and O–H groups in total. The molecule has 0 unspecified atom stereocenters. The van der Waals surface area contributed by atoms with Crippen LogP contribution in [-0.2, 0) is 12.6 Å². The van der Waals surface area contributed by atoms with Crippen LogP contribution < -0.4 is 0 Å². The molecule has 3 aromatic rings. The van der Waals surface area contributed by atoms with Gasteiger partial charge in [0, 0.05) is 36.6 Å². The second-order valence-electron chi connectivity index (χ2n) is 7.32. The molecule has 2 aromatic heterocycles. The molecule has 1 fully saturated rings. The number of carbonyl (C=O) groups is 1. The Morgan fingerprint density at radius 3 is 2.47 bits per heavy atom. The van der Waals surface area contributed by atoms with Gasteiger partial charge in [-0.3, -0.25) is 14.8 Å². The van der Waals surface area contributed by atoms with Crippen LogP contribution in [0.4, 0.5) is 13.2 Å². The fraction of sp³-hybridized carbons (Fsp3) is 0.261. The summed E-state index contributed by atoms with van der Waals surface area (Å²) in [6, 6.07) is 14.1. The van der Waals surface area contributed by atoms with E-state index in [-0.39, 0.29) is 11.9 Å². The lowest BCUT2D eigenvalue weighted by Crippen LogP contribution is -2.31. The van der Waals surface area contributed by atoms with Gasteiger partial charge in [-0.15, -0.1) is 0 Å². The van der Waals surface area contributed by atoms with Crippen molar-refractivity contribution in [2.75, 3.05) is 6.54 Å². The standard InChI is InChI=1S/C23H20F3N3O/c24-23(25,26)18-8-6-16(7-9-18)15-19-3-1-4-20(28-19)21-5-2-14-29(21)22(30)17-10-12-27-13-11-17/h1,3-4,6-13,21H,2,5,14-15H2/t21-/m0/s1. The predicted octanol–water partition coefficient (Wildman–Crippen LogP) is 5.06. The summed E-state index contributed by atoms with van der Waals surface area (Å²) in [4.78, 5) is 23.4. The van der Waals surface area contributed by atoms with Crippen LogP contribution in [0.2, 0.25) is 0 Å². The van der Waals surface area contributed by atoms with Gasteiger partial charge in [0.25, 0.3) is 5.91 Å². The number of likely N-dealkylation sites (tertiary alicyclic amines) is 1. The third kappa shape index (κ3) is 4.35. The summed E-state index contributed by atoms with van der Waals surface area (Å²) in [6.45, 7) is 0.663. The summed E-state index contributed by atoms with van der Waals surface area (Å²) in [6.07, 6.45) is 1.00. The summed E-state index contributed by atoms with van der Waals surface area (Å²) >= 11 is 0. The number of rotatable bonds is 4. The Hall–Kier alpha value is -3.22. The summed E-state index contributed by atoms with van der Waals surface area (Å²) in [5.74, 6) is -0.0464. The van der Waals surface area contributed by atoms with E-state index in [1.54, 1.807) is 24.5 Å². The van der Waals surface area contributed by atoms with Gasteiger partial charge in [-0.1, -0.05) is 18.2 Å². The smallest absolute Gasteiger partial charge is 0.330 e. The largest absolute Gasteiger partial charge is 0.416 e. The van der Waals surface area contributed by atoms with Crippen molar-refractivity contribution >= 4 is 5.91 Å². The van der Waals surface area contributed by atoms with Gasteiger partial charge in [-0.25, -0.2) is 0 Å². The third-order valence-electron chi connectivity index (χ3n) is 5.28. The molecule has 0 aliphatic carbocycles. The molecule has 1 aliphatic heterocycles. The molecule has 7 heteroatoms. The highest BCUT2D eigenvalue weighted by Gasteiger charge is 2.32. The van der Waals surface area contributed by atoms with Gasteiger partial charge in [-0.2, -0.15) is 13.2 Å². The normalized spacial score (nSPS) is 16.6. The maximum absolute atomic E-state index is 12.9. The first-order valence-electron chi connectivity index (χ1n) is 9.75. The molecule has 3 heterocycles. The lowest BCUT2D eigenvalue weighted by molar-refractivity contribution is -0.137. The zero-order chi connectivity index (χ0) is 21.1. The number of carbonyl (C=O) groups excluding carboxylic acids is 1. The SMILES string of the molecule is O=C(c1ccncc1)N1CCC[C@H]1c1cccc(Cc2ccc(C(F)(F)F)cc2)n1. The first-order valence-corrected chi connectivity index (χ1v) is 9.75. The highest BCUT2D eigenvalue weighted by atomic mass is 19.4. The summed E-state index contributed by atoms with van der Waals surface area (Å²) in [5.41, 5.74) is 2.25. The van der Waals surface area contributed by atoms with Crippen LogP contribution >= 0.6 is 0 Å². The molecular formula is C23H20F3N3O. The van der Waals surface area contributed by atoms with E-state index in [1.807, 2.05) is 23.1 Å². The van der Waals surface area contributed by atoms with Crippen molar-refractivity contribution in [1.29, 1.82) is 0 Å². The molecule has 154 valence electrons. The fourth-order valence-electron chi connectivity index (χ4n) is 3.78. The molecule has 1 aliphatic rings. The van der Waals surface area contributed by atoms with E-state index in [4.69, 9.17) is 4.98 Å². The molecule has 0 saturated carbocycles. The van der Waals surface area contributed by atoms with Gasteiger partial charge in [-0.05, 0) is 54.8 Å². The summed E-state index contributed by atoms with van der Waals surface area (Å²) in [5, 5.41) is 0. The summed E-state index contributed by atoms with van der Waals surface area (Å²) in [7, 11) is 0. The number of nitrogens with zero attached hydrogens (tertiary/aromatic N) is 3. The number of alkyl halides is 3. The molecule has 1 atom stereocenters. The van der Waals surface area contributed by atoms with Crippen LogP contribution in [-0.4, -0.2) is 27.3 Å². The van der Waals surface area contributed by atoms with Crippen LogP contribution in [0.1, 0.15) is 51.8 Å². The maximum Gasteiger partial charge on any atom is 0.416 e. The topological polar surface area (TPSA) is 46.1 Å². The highest BCUT2D eigenvalue weighted by Crippen LogP contribution is 2.33. The van der Waals surface area contributed by atoms with Crippen molar-refractivity contribution in [3.8, 4) is 0 Å².